The molecule has 2 aliphatic rings. The van der Waals surface area contributed by atoms with Crippen LogP contribution in [0.15, 0.2) is 24.3 Å². The van der Waals surface area contributed by atoms with Crippen molar-refractivity contribution >= 4 is 17.7 Å². The smallest absolute Gasteiger partial charge is 0.409 e. The number of benzene rings is 1. The van der Waals surface area contributed by atoms with Crippen molar-refractivity contribution in [3.63, 3.8) is 0 Å². The second kappa shape index (κ2) is 5.63. The monoisotopic (exact) mass is 289 g/mol. The van der Waals surface area contributed by atoms with E-state index in [1.807, 2.05) is 29.2 Å². The Morgan fingerprint density at radius 1 is 1.14 bits per heavy atom. The lowest BCUT2D eigenvalue weighted by Gasteiger charge is -2.35. The first kappa shape index (κ1) is 13.7. The van der Waals surface area contributed by atoms with Crippen LogP contribution >= 0.6 is 0 Å². The highest BCUT2D eigenvalue weighted by Crippen LogP contribution is 2.26. The maximum absolute atomic E-state index is 12.5. The number of fused-ring (bicyclic) bond motifs is 1. The maximum Gasteiger partial charge on any atom is 0.409 e. The van der Waals surface area contributed by atoms with Crippen molar-refractivity contribution in [2.45, 2.75) is 12.5 Å². The number of rotatable bonds is 1. The first-order chi connectivity index (χ1) is 10.2. The second-order valence-electron chi connectivity index (χ2n) is 5.34. The fourth-order valence-electron chi connectivity index (χ4n) is 2.91. The molecule has 1 saturated heterocycles. The number of nitrogens with one attached hydrogen (secondary N) is 1. The summed E-state index contributed by atoms with van der Waals surface area (Å²) < 4.78 is 4.70. The zero-order valence-corrected chi connectivity index (χ0v) is 12.0. The van der Waals surface area contributed by atoms with E-state index in [-0.39, 0.29) is 18.0 Å². The summed E-state index contributed by atoms with van der Waals surface area (Å²) in [5, 5.41) is 3.28. The van der Waals surface area contributed by atoms with Crippen LogP contribution in [-0.4, -0.2) is 61.1 Å². The van der Waals surface area contributed by atoms with Crippen LogP contribution in [0.4, 0.5) is 10.5 Å². The summed E-state index contributed by atoms with van der Waals surface area (Å²) in [5.41, 5.74) is 2.23. The highest BCUT2D eigenvalue weighted by molar-refractivity contribution is 5.87. The second-order valence-corrected chi connectivity index (χ2v) is 5.34. The molecule has 2 amide bonds. The largest absolute Gasteiger partial charge is 0.453 e. The van der Waals surface area contributed by atoms with E-state index in [0.29, 0.717) is 26.2 Å². The number of anilines is 1. The van der Waals surface area contributed by atoms with Gasteiger partial charge in [0.2, 0.25) is 5.91 Å². The third kappa shape index (κ3) is 2.66. The quantitative estimate of drug-likeness (QED) is 0.835. The number of methoxy groups -OCH3 is 1. The molecule has 2 aliphatic heterocycles. The summed E-state index contributed by atoms with van der Waals surface area (Å²) >= 11 is 0. The normalized spacial score (nSPS) is 20.7. The van der Waals surface area contributed by atoms with Gasteiger partial charge in [-0.2, -0.15) is 0 Å². The fraction of sp³-hybridized carbons (Fsp3) is 0.467. The number of ether oxygens (including phenoxy) is 1. The lowest BCUT2D eigenvalue weighted by Crippen LogP contribution is -2.53. The van der Waals surface area contributed by atoms with Gasteiger partial charge in [-0.25, -0.2) is 4.79 Å². The van der Waals surface area contributed by atoms with Crippen LogP contribution in [0, 0.1) is 0 Å². The number of amides is 2. The van der Waals surface area contributed by atoms with Crippen molar-refractivity contribution in [3.8, 4) is 0 Å². The van der Waals surface area contributed by atoms with Gasteiger partial charge in [0.25, 0.3) is 0 Å². The van der Waals surface area contributed by atoms with Gasteiger partial charge in [-0.15, -0.1) is 0 Å². The summed E-state index contributed by atoms with van der Waals surface area (Å²) in [6, 6.07) is 7.81. The molecule has 0 spiro atoms. The SMILES string of the molecule is COC(=O)N1CCN(C(=O)[C@@H]2Cc3ccccc3N2)CC1. The molecule has 1 N–H and O–H groups in total. The van der Waals surface area contributed by atoms with E-state index in [1.165, 1.54) is 12.7 Å². The van der Waals surface area contributed by atoms with Crippen LogP contribution in [0.2, 0.25) is 0 Å². The number of hydrogen-bond donors (Lipinski definition) is 1. The Balaban J connectivity index is 1.57. The Labute approximate surface area is 123 Å². The maximum atomic E-state index is 12.5. The molecule has 21 heavy (non-hydrogen) atoms. The molecule has 0 saturated carbocycles. The molecule has 0 bridgehead atoms. The van der Waals surface area contributed by atoms with Crippen molar-refractivity contribution < 1.29 is 14.3 Å². The average Bonchev–Trinajstić information content (AvgIpc) is 2.97. The third-order valence-electron chi connectivity index (χ3n) is 4.09. The van der Waals surface area contributed by atoms with E-state index in [9.17, 15) is 9.59 Å². The average molecular weight is 289 g/mol. The van der Waals surface area contributed by atoms with Gasteiger partial charge in [0.05, 0.1) is 7.11 Å². The predicted molar refractivity (Wildman–Crippen MR) is 78.1 cm³/mol. The van der Waals surface area contributed by atoms with Gasteiger partial charge in [-0.1, -0.05) is 18.2 Å². The molecule has 0 aromatic heterocycles. The first-order valence-electron chi connectivity index (χ1n) is 7.15. The molecule has 0 radical (unpaired) electrons. The molecule has 3 rings (SSSR count). The molecule has 0 unspecified atom stereocenters. The summed E-state index contributed by atoms with van der Waals surface area (Å²) in [6.45, 7) is 2.17. The van der Waals surface area contributed by atoms with Crippen LogP contribution in [0.3, 0.4) is 0 Å². The van der Waals surface area contributed by atoms with E-state index in [1.54, 1.807) is 4.90 Å². The number of piperazine rings is 1. The molecule has 6 nitrogen and oxygen atoms in total. The minimum Gasteiger partial charge on any atom is -0.453 e. The molecule has 2 heterocycles. The van der Waals surface area contributed by atoms with E-state index in [0.717, 1.165) is 12.1 Å². The number of hydrogen-bond acceptors (Lipinski definition) is 4. The van der Waals surface area contributed by atoms with Gasteiger partial charge in [0, 0.05) is 38.3 Å². The van der Waals surface area contributed by atoms with E-state index >= 15 is 0 Å². The van der Waals surface area contributed by atoms with Gasteiger partial charge in [-0.05, 0) is 11.6 Å². The highest BCUT2D eigenvalue weighted by atomic mass is 16.5. The Kier molecular flexibility index (Phi) is 3.68. The van der Waals surface area contributed by atoms with Crippen LogP contribution in [0.5, 0.6) is 0 Å². The van der Waals surface area contributed by atoms with Crippen molar-refractivity contribution in [2.24, 2.45) is 0 Å². The highest BCUT2D eigenvalue weighted by Gasteiger charge is 2.32. The fourth-order valence-corrected chi connectivity index (χ4v) is 2.91. The van der Waals surface area contributed by atoms with Crippen LogP contribution in [0.25, 0.3) is 0 Å². The van der Waals surface area contributed by atoms with Crippen LogP contribution in [-0.2, 0) is 16.0 Å². The van der Waals surface area contributed by atoms with Crippen LogP contribution < -0.4 is 5.32 Å². The number of para-hydroxylation sites is 1. The minimum absolute atomic E-state index is 0.107. The molecule has 1 fully saturated rings. The molecule has 1 aromatic carbocycles. The number of nitrogens with zero attached hydrogens (tertiary/aromatic N) is 2. The molecule has 1 atom stereocenters. The van der Waals surface area contributed by atoms with Crippen molar-refractivity contribution in [1.29, 1.82) is 0 Å². The number of carbonyl (C=O) groups is 2. The van der Waals surface area contributed by atoms with E-state index in [2.05, 4.69) is 5.32 Å². The topological polar surface area (TPSA) is 61.9 Å². The minimum atomic E-state index is -0.325. The van der Waals surface area contributed by atoms with E-state index in [4.69, 9.17) is 4.74 Å². The van der Waals surface area contributed by atoms with Gasteiger partial charge >= 0.3 is 6.09 Å². The van der Waals surface area contributed by atoms with Crippen LogP contribution in [0.1, 0.15) is 5.56 Å². The molecular weight excluding hydrogens is 270 g/mol. The lowest BCUT2D eigenvalue weighted by molar-refractivity contribution is -0.133. The predicted octanol–water partition coefficient (Wildman–Crippen LogP) is 0.934. The summed E-state index contributed by atoms with van der Waals surface area (Å²) in [4.78, 5) is 27.4. The molecular formula is C15H19N3O3. The van der Waals surface area contributed by atoms with Gasteiger partial charge in [0.1, 0.15) is 6.04 Å². The van der Waals surface area contributed by atoms with Crippen molar-refractivity contribution in [1.82, 2.24) is 9.80 Å². The molecule has 1 aromatic rings. The summed E-state index contributed by atoms with van der Waals surface area (Å²) in [7, 11) is 1.37. The van der Waals surface area contributed by atoms with Gasteiger partial charge in [0.15, 0.2) is 0 Å². The summed E-state index contributed by atoms with van der Waals surface area (Å²) in [6.07, 6.45) is 0.403. The van der Waals surface area contributed by atoms with Crippen molar-refractivity contribution in [2.75, 3.05) is 38.6 Å². The Bertz CT molecular complexity index is 528. The number of carbonyl (C=O) groups excluding carboxylic acids is 2. The van der Waals surface area contributed by atoms with Gasteiger partial charge < -0.3 is 19.9 Å². The van der Waals surface area contributed by atoms with Gasteiger partial charge in [-0.3, -0.25) is 4.79 Å². The third-order valence-corrected chi connectivity index (χ3v) is 4.09. The molecule has 0 aliphatic carbocycles. The Hall–Kier alpha value is -2.24. The standard InChI is InChI=1S/C15H19N3O3/c1-21-15(20)18-8-6-17(7-9-18)14(19)13-10-11-4-2-3-5-12(11)16-13/h2-5,13,16H,6-10H2,1H3/t13-/m0/s1. The zero-order valence-electron chi connectivity index (χ0n) is 12.0. The lowest BCUT2D eigenvalue weighted by atomic mass is 10.1. The molecule has 112 valence electrons. The zero-order chi connectivity index (χ0) is 14.8. The van der Waals surface area contributed by atoms with E-state index < -0.39 is 0 Å². The Morgan fingerprint density at radius 3 is 2.48 bits per heavy atom. The van der Waals surface area contributed by atoms with Crippen molar-refractivity contribution in [3.05, 3.63) is 29.8 Å². The first-order valence-corrected chi connectivity index (χ1v) is 7.15. The summed E-state index contributed by atoms with van der Waals surface area (Å²) in [5.74, 6) is 0.107. The Morgan fingerprint density at radius 2 is 1.81 bits per heavy atom. The molecule has 6 heteroatoms.